The largest absolute Gasteiger partial charge is 0.392 e. The summed E-state index contributed by atoms with van der Waals surface area (Å²) in [6.45, 7) is 5.65. The fraction of sp³-hybridized carbons (Fsp3) is 0.286. The SMILES string of the molecule is Cc1ccc(C)c(N2C(=O)[C@@H]3[C@@H](C2=O)C2c4ccccc4C3([C@H](C)O)c3ccccc32)c1. The summed E-state index contributed by atoms with van der Waals surface area (Å²) in [5.41, 5.74) is 5.65. The molecule has 2 amide bonds. The number of anilines is 1. The number of hydrogen-bond donors (Lipinski definition) is 1. The number of hydrogen-bond acceptors (Lipinski definition) is 3. The highest BCUT2D eigenvalue weighted by Crippen LogP contribution is 2.65. The van der Waals surface area contributed by atoms with Crippen LogP contribution in [0.4, 0.5) is 5.69 Å². The van der Waals surface area contributed by atoms with Gasteiger partial charge in [-0.05, 0) is 60.2 Å². The van der Waals surface area contributed by atoms with Crippen LogP contribution in [0.5, 0.6) is 0 Å². The van der Waals surface area contributed by atoms with Crippen LogP contribution in [0.25, 0.3) is 0 Å². The summed E-state index contributed by atoms with van der Waals surface area (Å²) in [5.74, 6) is -1.72. The van der Waals surface area contributed by atoms with E-state index in [9.17, 15) is 14.7 Å². The van der Waals surface area contributed by atoms with Crippen LogP contribution in [0.2, 0.25) is 0 Å². The minimum Gasteiger partial charge on any atom is -0.392 e. The lowest BCUT2D eigenvalue weighted by Gasteiger charge is -2.55. The molecule has 1 saturated heterocycles. The predicted octanol–water partition coefficient (Wildman–Crippen LogP) is 4.24. The number of imide groups is 1. The minimum absolute atomic E-state index is 0.160. The van der Waals surface area contributed by atoms with E-state index in [1.54, 1.807) is 6.92 Å². The highest BCUT2D eigenvalue weighted by molar-refractivity contribution is 6.24. The summed E-state index contributed by atoms with van der Waals surface area (Å²) < 4.78 is 0. The van der Waals surface area contributed by atoms with E-state index in [-0.39, 0.29) is 17.7 Å². The molecule has 0 radical (unpaired) electrons. The number of carbonyl (C=O) groups is 2. The summed E-state index contributed by atoms with van der Waals surface area (Å²) in [4.78, 5) is 29.5. The highest BCUT2D eigenvalue weighted by Gasteiger charge is 2.69. The van der Waals surface area contributed by atoms with Gasteiger partial charge in [-0.15, -0.1) is 0 Å². The molecular weight excluding hydrogens is 398 g/mol. The summed E-state index contributed by atoms with van der Waals surface area (Å²) in [6.07, 6.45) is -0.839. The van der Waals surface area contributed by atoms with Crippen molar-refractivity contribution in [2.45, 2.75) is 38.2 Å². The van der Waals surface area contributed by atoms with Crippen molar-refractivity contribution in [2.75, 3.05) is 4.90 Å². The van der Waals surface area contributed by atoms with E-state index in [1.165, 1.54) is 4.90 Å². The van der Waals surface area contributed by atoms with Crippen LogP contribution in [-0.4, -0.2) is 23.0 Å². The molecule has 0 unspecified atom stereocenters. The molecule has 1 heterocycles. The standard InChI is InChI=1S/C28H25NO3/c1-15-12-13-16(2)22(14-15)29-26(31)24-23-18-8-4-6-10-20(18)28(17(3)30,25(24)27(29)32)21-11-7-5-9-19(21)23/h4-14,17,23-25,30H,1-3H3/t17-,23?,24-,25-,28?/m0/s1. The molecule has 7 rings (SSSR count). The summed E-state index contributed by atoms with van der Waals surface area (Å²) in [5, 5.41) is 11.4. The molecule has 160 valence electrons. The van der Waals surface area contributed by atoms with Crippen LogP contribution in [0.15, 0.2) is 66.7 Å². The topological polar surface area (TPSA) is 57.6 Å². The van der Waals surface area contributed by atoms with Crippen LogP contribution in [0, 0.1) is 25.7 Å². The number of aliphatic hydroxyl groups is 1. The lowest BCUT2D eigenvalue weighted by molar-refractivity contribution is -0.126. The molecule has 1 fully saturated rings. The third-order valence-corrected chi connectivity index (χ3v) is 7.95. The van der Waals surface area contributed by atoms with Crippen LogP contribution in [0.3, 0.4) is 0 Å². The molecule has 0 aromatic heterocycles. The lowest BCUT2D eigenvalue weighted by Crippen LogP contribution is -2.58. The van der Waals surface area contributed by atoms with E-state index in [0.29, 0.717) is 5.69 Å². The number of aryl methyl sites for hydroxylation is 2. The first kappa shape index (κ1) is 19.4. The Bertz CT molecular complexity index is 1260. The van der Waals surface area contributed by atoms with Gasteiger partial charge in [-0.1, -0.05) is 60.7 Å². The number of carbonyl (C=O) groups excluding carboxylic acids is 2. The van der Waals surface area contributed by atoms with Crippen molar-refractivity contribution in [3.63, 3.8) is 0 Å². The Labute approximate surface area is 187 Å². The average Bonchev–Trinajstić information content (AvgIpc) is 3.06. The molecule has 3 aromatic carbocycles. The highest BCUT2D eigenvalue weighted by atomic mass is 16.3. The number of rotatable bonds is 2. The van der Waals surface area contributed by atoms with Gasteiger partial charge in [0.1, 0.15) is 0 Å². The zero-order valence-corrected chi connectivity index (χ0v) is 18.4. The van der Waals surface area contributed by atoms with Gasteiger partial charge in [0, 0.05) is 5.92 Å². The quantitative estimate of drug-likeness (QED) is 0.628. The maximum absolute atomic E-state index is 14.1. The first-order chi connectivity index (χ1) is 15.4. The molecular formula is C28H25NO3. The first-order valence-corrected chi connectivity index (χ1v) is 11.2. The maximum atomic E-state index is 14.1. The smallest absolute Gasteiger partial charge is 0.239 e. The Kier molecular flexibility index (Phi) is 3.89. The van der Waals surface area contributed by atoms with E-state index in [4.69, 9.17) is 0 Å². The van der Waals surface area contributed by atoms with Gasteiger partial charge in [-0.3, -0.25) is 9.59 Å². The zero-order chi connectivity index (χ0) is 22.4. The van der Waals surface area contributed by atoms with Gasteiger partial charge < -0.3 is 5.11 Å². The van der Waals surface area contributed by atoms with E-state index >= 15 is 0 Å². The van der Waals surface area contributed by atoms with Crippen LogP contribution >= 0.6 is 0 Å². The molecule has 3 aromatic rings. The van der Waals surface area contributed by atoms with Gasteiger partial charge in [-0.2, -0.15) is 0 Å². The lowest BCUT2D eigenvalue weighted by atomic mass is 9.46. The Morgan fingerprint density at radius 2 is 1.47 bits per heavy atom. The molecule has 32 heavy (non-hydrogen) atoms. The third kappa shape index (κ3) is 2.11. The first-order valence-electron chi connectivity index (χ1n) is 11.2. The molecule has 1 N–H and O–H groups in total. The van der Waals surface area contributed by atoms with Crippen molar-refractivity contribution in [3.05, 3.63) is 100 Å². The van der Waals surface area contributed by atoms with Crippen LogP contribution in [0.1, 0.15) is 46.2 Å². The van der Waals surface area contributed by atoms with Gasteiger partial charge in [0.15, 0.2) is 0 Å². The van der Waals surface area contributed by atoms with E-state index in [0.717, 1.165) is 33.4 Å². The second-order valence-corrected chi connectivity index (χ2v) is 9.50. The Balaban J connectivity index is 1.67. The van der Waals surface area contributed by atoms with Crippen molar-refractivity contribution in [1.29, 1.82) is 0 Å². The number of benzene rings is 3. The third-order valence-electron chi connectivity index (χ3n) is 7.95. The van der Waals surface area contributed by atoms with Crippen molar-refractivity contribution in [1.82, 2.24) is 0 Å². The predicted molar refractivity (Wildman–Crippen MR) is 123 cm³/mol. The van der Waals surface area contributed by atoms with Gasteiger partial charge in [0.2, 0.25) is 11.8 Å². The van der Waals surface area contributed by atoms with Crippen molar-refractivity contribution < 1.29 is 14.7 Å². The summed E-state index contributed by atoms with van der Waals surface area (Å²) >= 11 is 0. The van der Waals surface area contributed by atoms with E-state index in [1.807, 2.05) is 68.4 Å². The van der Waals surface area contributed by atoms with E-state index in [2.05, 4.69) is 12.1 Å². The monoisotopic (exact) mass is 423 g/mol. The minimum atomic E-state index is -0.953. The average molecular weight is 424 g/mol. The number of amides is 2. The second-order valence-electron chi connectivity index (χ2n) is 9.50. The molecule has 1 aliphatic heterocycles. The molecule has 4 nitrogen and oxygen atoms in total. The molecule has 3 atom stereocenters. The Hall–Kier alpha value is -3.24. The fourth-order valence-electron chi connectivity index (χ4n) is 6.74. The van der Waals surface area contributed by atoms with E-state index < -0.39 is 23.4 Å². The molecule has 2 bridgehead atoms. The normalized spacial score (nSPS) is 28.4. The molecule has 0 spiro atoms. The number of nitrogens with zero attached hydrogens (tertiary/aromatic N) is 1. The Morgan fingerprint density at radius 1 is 0.875 bits per heavy atom. The van der Waals surface area contributed by atoms with Crippen molar-refractivity contribution >= 4 is 17.5 Å². The van der Waals surface area contributed by atoms with Gasteiger partial charge in [0.05, 0.1) is 29.0 Å². The fourth-order valence-corrected chi connectivity index (χ4v) is 6.74. The molecule has 3 aliphatic carbocycles. The Morgan fingerprint density at radius 3 is 2.06 bits per heavy atom. The van der Waals surface area contributed by atoms with Gasteiger partial charge in [-0.25, -0.2) is 4.90 Å². The summed E-state index contributed by atoms with van der Waals surface area (Å²) in [6, 6.07) is 21.9. The molecule has 4 heteroatoms. The molecule has 0 saturated carbocycles. The zero-order valence-electron chi connectivity index (χ0n) is 18.4. The number of aliphatic hydroxyl groups excluding tert-OH is 1. The van der Waals surface area contributed by atoms with Crippen molar-refractivity contribution in [2.24, 2.45) is 11.8 Å². The van der Waals surface area contributed by atoms with Crippen LogP contribution < -0.4 is 4.90 Å². The van der Waals surface area contributed by atoms with Gasteiger partial charge in [0.25, 0.3) is 0 Å². The maximum Gasteiger partial charge on any atom is 0.239 e. The van der Waals surface area contributed by atoms with Crippen molar-refractivity contribution in [3.8, 4) is 0 Å². The summed E-state index contributed by atoms with van der Waals surface area (Å²) in [7, 11) is 0. The molecule has 4 aliphatic rings. The van der Waals surface area contributed by atoms with Gasteiger partial charge >= 0.3 is 0 Å². The second kappa shape index (κ2) is 6.39. The van der Waals surface area contributed by atoms with Crippen LogP contribution in [-0.2, 0) is 15.0 Å².